The van der Waals surface area contributed by atoms with E-state index < -0.39 is 0 Å². The summed E-state index contributed by atoms with van der Waals surface area (Å²) < 4.78 is 1.60. The molecule has 0 N–H and O–H groups in total. The molecular formula is C21H28N4O2. The van der Waals surface area contributed by atoms with Crippen molar-refractivity contribution < 1.29 is 4.79 Å². The highest BCUT2D eigenvalue weighted by Crippen LogP contribution is 2.20. The van der Waals surface area contributed by atoms with E-state index in [4.69, 9.17) is 0 Å². The van der Waals surface area contributed by atoms with Gasteiger partial charge < -0.3 is 14.4 Å². The molecule has 0 atom stereocenters. The van der Waals surface area contributed by atoms with Crippen LogP contribution in [0.25, 0.3) is 0 Å². The van der Waals surface area contributed by atoms with Crippen LogP contribution in [-0.2, 0) is 7.05 Å². The summed E-state index contributed by atoms with van der Waals surface area (Å²) >= 11 is 0. The topological polar surface area (TPSA) is 58.4 Å². The van der Waals surface area contributed by atoms with Gasteiger partial charge in [-0.2, -0.15) is 0 Å². The zero-order chi connectivity index (χ0) is 19.6. The summed E-state index contributed by atoms with van der Waals surface area (Å²) in [4.78, 5) is 34.0. The van der Waals surface area contributed by atoms with E-state index in [0.29, 0.717) is 13.1 Å². The highest BCUT2D eigenvalue weighted by atomic mass is 16.2. The molecule has 0 unspecified atom stereocenters. The lowest BCUT2D eigenvalue weighted by Gasteiger charge is -2.25. The molecule has 144 valence electrons. The predicted molar refractivity (Wildman–Crippen MR) is 107 cm³/mol. The molecule has 1 amide bonds. The molecule has 6 heteroatoms. The van der Waals surface area contributed by atoms with Crippen LogP contribution >= 0.6 is 0 Å². The van der Waals surface area contributed by atoms with Gasteiger partial charge in [-0.3, -0.25) is 14.6 Å². The normalized spacial score (nSPS) is 15.1. The van der Waals surface area contributed by atoms with Crippen LogP contribution in [0.2, 0.25) is 0 Å². The second kappa shape index (κ2) is 7.94. The maximum absolute atomic E-state index is 13.0. The van der Waals surface area contributed by atoms with Crippen molar-refractivity contribution in [2.24, 2.45) is 7.05 Å². The van der Waals surface area contributed by atoms with Crippen LogP contribution < -0.4 is 10.5 Å². The monoisotopic (exact) mass is 368 g/mol. The third-order valence-electron chi connectivity index (χ3n) is 5.28. The van der Waals surface area contributed by atoms with Crippen LogP contribution in [0.5, 0.6) is 0 Å². The van der Waals surface area contributed by atoms with Gasteiger partial charge in [0.25, 0.3) is 11.5 Å². The number of hydrogen-bond donors (Lipinski definition) is 0. The summed E-state index contributed by atoms with van der Waals surface area (Å²) in [5, 5.41) is 0. The van der Waals surface area contributed by atoms with Crippen LogP contribution in [0.1, 0.15) is 47.8 Å². The van der Waals surface area contributed by atoms with Crippen LogP contribution in [-0.4, -0.2) is 46.5 Å². The number of carbonyl (C=O) groups is 1. The standard InChI is InChI=1S/C21H28N4O2/c1-15(2)18-7-6-17(20(26)23(18)4)21(27)25-11-5-10-24(12-13-25)19-8-9-22-14-16(19)3/h6-9,14-15H,5,10-13H2,1-4H3. The third-order valence-corrected chi connectivity index (χ3v) is 5.28. The van der Waals surface area contributed by atoms with E-state index in [1.54, 1.807) is 23.9 Å². The minimum Gasteiger partial charge on any atom is -0.369 e. The number of amides is 1. The zero-order valence-corrected chi connectivity index (χ0v) is 16.6. The fourth-order valence-corrected chi connectivity index (χ4v) is 3.74. The third kappa shape index (κ3) is 3.89. The van der Waals surface area contributed by atoms with Gasteiger partial charge >= 0.3 is 0 Å². The van der Waals surface area contributed by atoms with Gasteiger partial charge in [-0.1, -0.05) is 13.8 Å². The lowest BCUT2D eigenvalue weighted by Crippen LogP contribution is -2.39. The molecule has 0 radical (unpaired) electrons. The number of nitrogens with zero attached hydrogens (tertiary/aromatic N) is 4. The molecular weight excluding hydrogens is 340 g/mol. The van der Waals surface area contributed by atoms with Crippen molar-refractivity contribution in [2.75, 3.05) is 31.1 Å². The van der Waals surface area contributed by atoms with Gasteiger partial charge in [0.15, 0.2) is 0 Å². The molecule has 1 aliphatic heterocycles. The highest BCUT2D eigenvalue weighted by Gasteiger charge is 2.24. The Labute approximate surface area is 160 Å². The number of hydrogen-bond acceptors (Lipinski definition) is 4. The summed E-state index contributed by atoms with van der Waals surface area (Å²) in [6.07, 6.45) is 4.54. The maximum Gasteiger partial charge on any atom is 0.263 e. The lowest BCUT2D eigenvalue weighted by molar-refractivity contribution is 0.0764. The number of pyridine rings is 2. The van der Waals surface area contributed by atoms with E-state index in [9.17, 15) is 9.59 Å². The second-order valence-corrected chi connectivity index (χ2v) is 7.49. The molecule has 6 nitrogen and oxygen atoms in total. The highest BCUT2D eigenvalue weighted by molar-refractivity contribution is 5.94. The molecule has 1 saturated heterocycles. The Kier molecular flexibility index (Phi) is 5.63. The van der Waals surface area contributed by atoms with Gasteiger partial charge in [-0.25, -0.2) is 0 Å². The molecule has 2 aromatic heterocycles. The van der Waals surface area contributed by atoms with Crippen LogP contribution in [0.4, 0.5) is 5.69 Å². The number of aromatic nitrogens is 2. The average Bonchev–Trinajstić information content (AvgIpc) is 2.89. The van der Waals surface area contributed by atoms with Crippen molar-refractivity contribution in [1.82, 2.24) is 14.5 Å². The number of rotatable bonds is 3. The fourth-order valence-electron chi connectivity index (χ4n) is 3.74. The molecule has 0 saturated carbocycles. The molecule has 3 rings (SSSR count). The van der Waals surface area contributed by atoms with Gasteiger partial charge in [-0.15, -0.1) is 0 Å². The average molecular weight is 368 g/mol. The van der Waals surface area contributed by atoms with E-state index in [2.05, 4.69) is 16.8 Å². The second-order valence-electron chi connectivity index (χ2n) is 7.49. The molecule has 0 aliphatic carbocycles. The number of anilines is 1. The van der Waals surface area contributed by atoms with E-state index in [1.807, 2.05) is 37.1 Å². The van der Waals surface area contributed by atoms with Gasteiger partial charge in [-0.05, 0) is 43.0 Å². The molecule has 0 spiro atoms. The lowest BCUT2D eigenvalue weighted by atomic mass is 10.1. The summed E-state index contributed by atoms with van der Waals surface area (Å²) in [7, 11) is 1.74. The van der Waals surface area contributed by atoms with Crippen molar-refractivity contribution in [2.45, 2.75) is 33.1 Å². The Balaban J connectivity index is 1.78. The van der Waals surface area contributed by atoms with Crippen LogP contribution in [0.3, 0.4) is 0 Å². The summed E-state index contributed by atoms with van der Waals surface area (Å²) in [5.41, 5.74) is 3.28. The Morgan fingerprint density at radius 3 is 2.59 bits per heavy atom. The molecule has 2 aromatic rings. The van der Waals surface area contributed by atoms with Crippen molar-refractivity contribution >= 4 is 11.6 Å². The molecule has 27 heavy (non-hydrogen) atoms. The Hall–Kier alpha value is -2.63. The van der Waals surface area contributed by atoms with Crippen molar-refractivity contribution in [3.63, 3.8) is 0 Å². The largest absolute Gasteiger partial charge is 0.369 e. The van der Waals surface area contributed by atoms with E-state index in [0.717, 1.165) is 36.5 Å². The molecule has 1 fully saturated rings. The minimum atomic E-state index is -0.211. The Bertz CT molecular complexity index is 888. The quantitative estimate of drug-likeness (QED) is 0.835. The maximum atomic E-state index is 13.0. The summed E-state index contributed by atoms with van der Waals surface area (Å²) in [5.74, 6) is 0.0707. The zero-order valence-electron chi connectivity index (χ0n) is 16.6. The molecule has 3 heterocycles. The Morgan fingerprint density at radius 2 is 1.89 bits per heavy atom. The van der Waals surface area contributed by atoms with Crippen molar-refractivity contribution in [3.05, 3.63) is 57.8 Å². The first-order valence-corrected chi connectivity index (χ1v) is 9.55. The van der Waals surface area contributed by atoms with Gasteiger partial charge in [0.1, 0.15) is 5.56 Å². The summed E-state index contributed by atoms with van der Waals surface area (Å²) in [6.45, 7) is 9.04. The van der Waals surface area contributed by atoms with E-state index >= 15 is 0 Å². The van der Waals surface area contributed by atoms with Gasteiger partial charge in [0, 0.05) is 57.0 Å². The first-order chi connectivity index (χ1) is 12.9. The van der Waals surface area contributed by atoms with E-state index in [1.165, 1.54) is 0 Å². The molecule has 1 aliphatic rings. The van der Waals surface area contributed by atoms with Crippen LogP contribution in [0, 0.1) is 6.92 Å². The number of aryl methyl sites for hydroxylation is 1. The van der Waals surface area contributed by atoms with Gasteiger partial charge in [0.2, 0.25) is 0 Å². The predicted octanol–water partition coefficient (Wildman–Crippen LogP) is 2.56. The van der Waals surface area contributed by atoms with Crippen LogP contribution in [0.15, 0.2) is 35.4 Å². The first kappa shape index (κ1) is 19.1. The fraction of sp³-hybridized carbons (Fsp3) is 0.476. The first-order valence-electron chi connectivity index (χ1n) is 9.55. The smallest absolute Gasteiger partial charge is 0.263 e. The van der Waals surface area contributed by atoms with Gasteiger partial charge in [0.05, 0.1) is 0 Å². The minimum absolute atomic E-state index is 0.167. The van der Waals surface area contributed by atoms with Crippen molar-refractivity contribution in [1.29, 1.82) is 0 Å². The summed E-state index contributed by atoms with van der Waals surface area (Å²) in [6, 6.07) is 5.60. The van der Waals surface area contributed by atoms with E-state index in [-0.39, 0.29) is 22.9 Å². The SMILES string of the molecule is Cc1cnccc1N1CCCN(C(=O)c2ccc(C(C)C)n(C)c2=O)CC1. The molecule has 0 bridgehead atoms. The number of carbonyl (C=O) groups excluding carboxylic acids is 1. The van der Waals surface area contributed by atoms with Crippen molar-refractivity contribution in [3.8, 4) is 0 Å². The molecule has 0 aromatic carbocycles. The Morgan fingerprint density at radius 1 is 1.11 bits per heavy atom.